The van der Waals surface area contributed by atoms with Gasteiger partial charge >= 0.3 is 5.97 Å². The fourth-order valence-electron chi connectivity index (χ4n) is 3.64. The van der Waals surface area contributed by atoms with E-state index in [1.54, 1.807) is 0 Å². The van der Waals surface area contributed by atoms with Gasteiger partial charge in [-0.3, -0.25) is 0 Å². The highest BCUT2D eigenvalue weighted by atomic mass is 32.2. The van der Waals surface area contributed by atoms with Crippen molar-refractivity contribution in [2.75, 3.05) is 0 Å². The van der Waals surface area contributed by atoms with Crippen LogP contribution < -0.4 is 0 Å². The Morgan fingerprint density at radius 1 is 1.53 bits per heavy atom. The summed E-state index contributed by atoms with van der Waals surface area (Å²) in [5.74, 6) is -0.306. The molecule has 2 rings (SSSR count). The zero-order valence-electron chi connectivity index (χ0n) is 10.6. The van der Waals surface area contributed by atoms with E-state index in [1.165, 1.54) is 24.6 Å². The predicted molar refractivity (Wildman–Crippen MR) is 67.6 cm³/mol. The van der Waals surface area contributed by atoms with Gasteiger partial charge in [0.05, 0.1) is 6.07 Å². The summed E-state index contributed by atoms with van der Waals surface area (Å²) in [5, 5.41) is 17.3. The first-order valence-corrected chi connectivity index (χ1v) is 7.05. The fraction of sp³-hybridized carbons (Fsp3) is 0.846. The number of hydrogen-bond donors (Lipinski definition) is 1. The van der Waals surface area contributed by atoms with Crippen LogP contribution in [0, 0.1) is 28.1 Å². The van der Waals surface area contributed by atoms with E-state index < -0.39 is 11.2 Å². The first-order valence-electron chi connectivity index (χ1n) is 6.11. The summed E-state index contributed by atoms with van der Waals surface area (Å²) in [5.41, 5.74) is 0.468. The minimum absolute atomic E-state index is 0.187. The van der Waals surface area contributed by atoms with Crippen LogP contribution in [-0.4, -0.2) is 21.6 Å². The standard InChI is InChI=1S/C13H19NO2S/c1-12(2)8-4-5-13(12,3)10(6-8)17-9(7-14)11(15)16/h8-10H,4-6H2,1-3H3,(H,15,16). The average Bonchev–Trinajstić information content (AvgIpc) is 2.57. The van der Waals surface area contributed by atoms with Gasteiger partial charge in [-0.15, -0.1) is 11.8 Å². The zero-order chi connectivity index (χ0) is 12.8. The molecule has 2 fully saturated rings. The number of nitrogens with zero attached hydrogens (tertiary/aromatic N) is 1. The van der Waals surface area contributed by atoms with Crippen molar-refractivity contribution in [1.29, 1.82) is 5.26 Å². The van der Waals surface area contributed by atoms with Crippen molar-refractivity contribution in [2.45, 2.75) is 50.5 Å². The largest absolute Gasteiger partial charge is 0.480 e. The van der Waals surface area contributed by atoms with Crippen LogP contribution in [0.25, 0.3) is 0 Å². The summed E-state index contributed by atoms with van der Waals surface area (Å²) >= 11 is 1.36. The van der Waals surface area contributed by atoms with Gasteiger partial charge in [0.15, 0.2) is 5.25 Å². The molecule has 4 unspecified atom stereocenters. The van der Waals surface area contributed by atoms with Crippen LogP contribution in [0.3, 0.4) is 0 Å². The van der Waals surface area contributed by atoms with Crippen LogP contribution in [0.5, 0.6) is 0 Å². The van der Waals surface area contributed by atoms with Crippen molar-refractivity contribution in [3.05, 3.63) is 0 Å². The summed E-state index contributed by atoms with van der Waals surface area (Å²) in [4.78, 5) is 10.9. The van der Waals surface area contributed by atoms with Crippen LogP contribution >= 0.6 is 11.8 Å². The van der Waals surface area contributed by atoms with E-state index in [4.69, 9.17) is 10.4 Å². The highest BCUT2D eigenvalue weighted by Crippen LogP contribution is 2.68. The monoisotopic (exact) mass is 253 g/mol. The first kappa shape index (κ1) is 12.8. The second-order valence-corrected chi connectivity index (χ2v) is 7.40. The Labute approximate surface area is 107 Å². The first-order chi connectivity index (χ1) is 7.83. The van der Waals surface area contributed by atoms with Crippen molar-refractivity contribution in [3.8, 4) is 6.07 Å². The molecule has 4 heteroatoms. The molecule has 0 aliphatic heterocycles. The molecule has 0 aromatic heterocycles. The lowest BCUT2D eigenvalue weighted by atomic mass is 9.71. The number of rotatable bonds is 3. The van der Waals surface area contributed by atoms with Gasteiger partial charge in [-0.05, 0) is 36.0 Å². The number of carboxylic acid groups (broad SMARTS) is 1. The Hall–Kier alpha value is -0.690. The van der Waals surface area contributed by atoms with Gasteiger partial charge < -0.3 is 5.11 Å². The molecular formula is C13H19NO2S. The molecule has 17 heavy (non-hydrogen) atoms. The Bertz CT molecular complexity index is 387. The van der Waals surface area contributed by atoms with Gasteiger partial charge in [-0.2, -0.15) is 5.26 Å². The molecule has 94 valence electrons. The second kappa shape index (κ2) is 3.91. The number of fused-ring (bicyclic) bond motifs is 2. The van der Waals surface area contributed by atoms with E-state index >= 15 is 0 Å². The minimum atomic E-state index is -0.998. The molecule has 0 heterocycles. The van der Waals surface area contributed by atoms with Crippen molar-refractivity contribution >= 4 is 17.7 Å². The zero-order valence-corrected chi connectivity index (χ0v) is 11.4. The highest BCUT2D eigenvalue weighted by Gasteiger charge is 2.61. The van der Waals surface area contributed by atoms with Crippen LogP contribution in [0.15, 0.2) is 0 Å². The lowest BCUT2D eigenvalue weighted by Crippen LogP contribution is -2.35. The number of hydrogen-bond acceptors (Lipinski definition) is 3. The molecule has 0 amide bonds. The highest BCUT2D eigenvalue weighted by molar-refractivity contribution is 8.01. The van der Waals surface area contributed by atoms with Crippen molar-refractivity contribution in [2.24, 2.45) is 16.7 Å². The maximum atomic E-state index is 10.9. The van der Waals surface area contributed by atoms with E-state index in [1.807, 2.05) is 6.07 Å². The van der Waals surface area contributed by atoms with Gasteiger partial charge in [0.25, 0.3) is 0 Å². The molecule has 0 aromatic carbocycles. The van der Waals surface area contributed by atoms with Crippen molar-refractivity contribution in [1.82, 2.24) is 0 Å². The topological polar surface area (TPSA) is 61.1 Å². The number of carbonyl (C=O) groups is 1. The quantitative estimate of drug-likeness (QED) is 0.840. The summed E-state index contributed by atoms with van der Waals surface area (Å²) in [6, 6.07) is 1.90. The van der Waals surface area contributed by atoms with E-state index in [9.17, 15) is 4.79 Å². The van der Waals surface area contributed by atoms with Crippen LogP contribution in [0.4, 0.5) is 0 Å². The van der Waals surface area contributed by atoms with Gasteiger partial charge in [-0.1, -0.05) is 20.8 Å². The molecule has 2 aliphatic rings. The average molecular weight is 253 g/mol. The fourth-order valence-corrected chi connectivity index (χ4v) is 5.22. The molecule has 0 spiro atoms. The van der Waals surface area contributed by atoms with Crippen molar-refractivity contribution < 1.29 is 9.90 Å². The molecule has 4 atom stereocenters. The van der Waals surface area contributed by atoms with Gasteiger partial charge in [-0.25, -0.2) is 4.79 Å². The number of thioether (sulfide) groups is 1. The molecule has 0 radical (unpaired) electrons. The smallest absolute Gasteiger partial charge is 0.331 e. The third-order valence-corrected chi connectivity index (χ3v) is 6.98. The van der Waals surface area contributed by atoms with Crippen molar-refractivity contribution in [3.63, 3.8) is 0 Å². The lowest BCUT2D eigenvalue weighted by molar-refractivity contribution is -0.135. The molecule has 2 bridgehead atoms. The SMILES string of the molecule is CC1(C)C2CCC1(C)C(SC(C#N)C(=O)O)C2. The molecule has 0 saturated heterocycles. The normalized spacial score (nSPS) is 39.9. The van der Waals surface area contributed by atoms with Gasteiger partial charge in [0.1, 0.15) is 0 Å². The second-order valence-electron chi connectivity index (χ2n) is 6.08. The summed E-state index contributed by atoms with van der Waals surface area (Å²) in [6.07, 6.45) is 3.49. The summed E-state index contributed by atoms with van der Waals surface area (Å²) in [7, 11) is 0. The Kier molecular flexibility index (Phi) is 2.94. The molecule has 0 aromatic rings. The van der Waals surface area contributed by atoms with E-state index in [0.717, 1.165) is 6.42 Å². The number of carboxylic acids is 1. The molecule has 2 saturated carbocycles. The van der Waals surface area contributed by atoms with Crippen LogP contribution in [-0.2, 0) is 4.79 Å². The maximum Gasteiger partial charge on any atom is 0.331 e. The van der Waals surface area contributed by atoms with Crippen LogP contribution in [0.1, 0.15) is 40.0 Å². The Balaban J connectivity index is 2.16. The molecule has 3 nitrogen and oxygen atoms in total. The summed E-state index contributed by atoms with van der Waals surface area (Å²) in [6.45, 7) is 6.87. The maximum absolute atomic E-state index is 10.9. The van der Waals surface area contributed by atoms with E-state index in [0.29, 0.717) is 11.2 Å². The van der Waals surface area contributed by atoms with Gasteiger partial charge in [0.2, 0.25) is 0 Å². The number of aliphatic carboxylic acids is 1. The molecular weight excluding hydrogens is 234 g/mol. The third-order valence-electron chi connectivity index (χ3n) is 5.36. The van der Waals surface area contributed by atoms with Crippen LogP contribution in [0.2, 0.25) is 0 Å². The van der Waals surface area contributed by atoms with E-state index in [2.05, 4.69) is 20.8 Å². The number of nitriles is 1. The lowest BCUT2D eigenvalue weighted by Gasteiger charge is -2.39. The van der Waals surface area contributed by atoms with E-state index in [-0.39, 0.29) is 10.8 Å². The van der Waals surface area contributed by atoms with Gasteiger partial charge in [0, 0.05) is 5.25 Å². The molecule has 2 aliphatic carbocycles. The third kappa shape index (κ3) is 1.67. The molecule has 1 N–H and O–H groups in total. The minimum Gasteiger partial charge on any atom is -0.480 e. The Morgan fingerprint density at radius 2 is 2.18 bits per heavy atom. The predicted octanol–water partition coefficient (Wildman–Crippen LogP) is 2.91. The Morgan fingerprint density at radius 3 is 2.53 bits per heavy atom. The summed E-state index contributed by atoms with van der Waals surface area (Å²) < 4.78 is 0.